The van der Waals surface area contributed by atoms with E-state index >= 15 is 0 Å². The Kier molecular flexibility index (Phi) is 19.9. The number of benzene rings is 1. The molecular weight excluding hydrogens is 666 g/mol. The van der Waals surface area contributed by atoms with E-state index < -0.39 is 59.7 Å². The lowest BCUT2D eigenvalue weighted by Crippen LogP contribution is -2.60. The van der Waals surface area contributed by atoms with Crippen LogP contribution in [0.1, 0.15) is 80.2 Å². The summed E-state index contributed by atoms with van der Waals surface area (Å²) in [7, 11) is 1.59. The highest BCUT2D eigenvalue weighted by atomic mass is 16.5. The van der Waals surface area contributed by atoms with Crippen LogP contribution in [0.15, 0.2) is 30.3 Å². The van der Waals surface area contributed by atoms with Crippen LogP contribution in [0.5, 0.6) is 0 Å². The van der Waals surface area contributed by atoms with Crippen LogP contribution in [0.4, 0.5) is 0 Å². The third-order valence-corrected chi connectivity index (χ3v) is 8.76. The van der Waals surface area contributed by atoms with Crippen molar-refractivity contribution in [2.75, 3.05) is 46.7 Å². The van der Waals surface area contributed by atoms with Crippen LogP contribution in [-0.2, 0) is 44.6 Å². The van der Waals surface area contributed by atoms with Gasteiger partial charge in [-0.05, 0) is 48.5 Å². The number of methoxy groups -OCH3 is 1. The van der Waals surface area contributed by atoms with Gasteiger partial charge in [-0.1, -0.05) is 85.7 Å². The first-order valence-electron chi connectivity index (χ1n) is 18.8. The molecule has 0 spiro atoms. The van der Waals surface area contributed by atoms with Crippen LogP contribution in [0.2, 0.25) is 0 Å². The third kappa shape index (κ3) is 15.6. The van der Waals surface area contributed by atoms with E-state index in [0.717, 1.165) is 5.56 Å². The van der Waals surface area contributed by atoms with Gasteiger partial charge in [-0.25, -0.2) is 0 Å². The Morgan fingerprint density at radius 3 is 1.69 bits per heavy atom. The third-order valence-electron chi connectivity index (χ3n) is 8.76. The lowest BCUT2D eigenvalue weighted by molar-refractivity contribution is -0.146. The van der Waals surface area contributed by atoms with Gasteiger partial charge >= 0.3 is 0 Å². The Bertz CT molecular complexity index is 1260. The maximum Gasteiger partial charge on any atom is 0.245 e. The summed E-state index contributed by atoms with van der Waals surface area (Å²) < 4.78 is 16.3. The van der Waals surface area contributed by atoms with Gasteiger partial charge in [0.2, 0.25) is 29.5 Å². The maximum atomic E-state index is 14.7. The lowest BCUT2D eigenvalue weighted by Gasteiger charge is -2.36. The molecule has 1 aromatic carbocycles. The molecule has 0 aromatic heterocycles. The van der Waals surface area contributed by atoms with Gasteiger partial charge in [-0.3, -0.25) is 24.0 Å². The first-order valence-corrected chi connectivity index (χ1v) is 18.8. The number of hydrogen-bond acceptors (Lipinski definition) is 8. The number of ether oxygens (including phenoxy) is 3. The highest BCUT2D eigenvalue weighted by molar-refractivity contribution is 5.98. The number of carbonyl (C=O) groups excluding carboxylic acids is 5. The second-order valence-corrected chi connectivity index (χ2v) is 15.3. The average molecular weight is 732 g/mol. The van der Waals surface area contributed by atoms with Gasteiger partial charge in [-0.15, -0.1) is 0 Å². The minimum Gasteiger partial charge on any atom is -0.382 e. The maximum absolute atomic E-state index is 14.7. The SMILES string of the molecule is COCCOCCOCCN1C(=O)[C@H](CC(C)C)NC(=O)[C@H](Cc2ccccc2)NC(=O)[C@H](CC(C)C)NC(=O)[C@H](C(C)C)NC(=O)[C@@H]1CC(C)C. The molecule has 5 amide bonds. The molecule has 4 N–H and O–H groups in total. The molecule has 1 aliphatic heterocycles. The van der Waals surface area contributed by atoms with Crippen molar-refractivity contribution in [3.8, 4) is 0 Å². The number of carbonyl (C=O) groups is 5. The molecule has 0 radical (unpaired) electrons. The van der Waals surface area contributed by atoms with E-state index in [1.54, 1.807) is 7.11 Å². The van der Waals surface area contributed by atoms with Crippen LogP contribution in [0.3, 0.4) is 0 Å². The molecule has 0 saturated carbocycles. The molecule has 13 heteroatoms. The Hall–Kier alpha value is -3.55. The summed E-state index contributed by atoms with van der Waals surface area (Å²) in [4.78, 5) is 72.5. The molecule has 1 saturated heterocycles. The van der Waals surface area contributed by atoms with Crippen molar-refractivity contribution in [3.63, 3.8) is 0 Å². The number of nitrogens with zero attached hydrogens (tertiary/aromatic N) is 1. The average Bonchev–Trinajstić information content (AvgIpc) is 3.07. The minimum atomic E-state index is -1.05. The summed E-state index contributed by atoms with van der Waals surface area (Å²) >= 11 is 0. The first kappa shape index (κ1) is 44.6. The second-order valence-electron chi connectivity index (χ2n) is 15.3. The molecule has 13 nitrogen and oxygen atoms in total. The molecule has 1 heterocycles. The predicted octanol–water partition coefficient (Wildman–Crippen LogP) is 2.85. The van der Waals surface area contributed by atoms with Crippen molar-refractivity contribution in [1.82, 2.24) is 26.2 Å². The molecular formula is C39H65N5O8. The normalized spacial score (nSPS) is 22.7. The van der Waals surface area contributed by atoms with Gasteiger partial charge in [0, 0.05) is 20.1 Å². The highest BCUT2D eigenvalue weighted by Gasteiger charge is 2.39. The number of amides is 5. The van der Waals surface area contributed by atoms with Crippen molar-refractivity contribution >= 4 is 29.5 Å². The Morgan fingerprint density at radius 1 is 0.596 bits per heavy atom. The van der Waals surface area contributed by atoms with Crippen LogP contribution >= 0.6 is 0 Å². The van der Waals surface area contributed by atoms with E-state index in [4.69, 9.17) is 14.2 Å². The van der Waals surface area contributed by atoms with Crippen molar-refractivity contribution in [2.45, 2.75) is 111 Å². The number of hydrogen-bond donors (Lipinski definition) is 4. The summed E-state index contributed by atoms with van der Waals surface area (Å²) in [5.41, 5.74) is 0.814. The molecule has 0 aliphatic carbocycles. The molecule has 2 rings (SSSR count). The van der Waals surface area contributed by atoms with E-state index in [1.807, 2.05) is 85.7 Å². The Labute approximate surface area is 311 Å². The van der Waals surface area contributed by atoms with Crippen molar-refractivity contribution in [3.05, 3.63) is 35.9 Å². The smallest absolute Gasteiger partial charge is 0.245 e. The van der Waals surface area contributed by atoms with E-state index in [9.17, 15) is 24.0 Å². The second kappa shape index (κ2) is 23.2. The largest absolute Gasteiger partial charge is 0.382 e. The molecule has 52 heavy (non-hydrogen) atoms. The van der Waals surface area contributed by atoms with Gasteiger partial charge in [0.05, 0.1) is 33.0 Å². The van der Waals surface area contributed by atoms with Crippen LogP contribution < -0.4 is 21.3 Å². The zero-order valence-electron chi connectivity index (χ0n) is 32.9. The number of rotatable bonds is 18. The van der Waals surface area contributed by atoms with E-state index in [1.165, 1.54) is 4.90 Å². The predicted molar refractivity (Wildman–Crippen MR) is 200 cm³/mol. The monoisotopic (exact) mass is 731 g/mol. The van der Waals surface area contributed by atoms with Crippen molar-refractivity contribution < 1.29 is 38.2 Å². The summed E-state index contributed by atoms with van der Waals surface area (Å²) in [6, 6.07) is 4.34. The summed E-state index contributed by atoms with van der Waals surface area (Å²) in [5.74, 6) is -2.80. The van der Waals surface area contributed by atoms with Crippen molar-refractivity contribution in [2.24, 2.45) is 23.7 Å². The zero-order chi connectivity index (χ0) is 38.8. The van der Waals surface area contributed by atoms with Crippen LogP contribution in [0, 0.1) is 23.7 Å². The minimum absolute atomic E-state index is 0.000185. The standard InChI is InChI=1S/C39H65N5O8/c1-25(2)21-30-35(45)40-31(24-29-13-11-10-12-14-29)36(46)42-32(22-26(3)4)39(49)44(15-16-51-19-20-52-18-17-50-9)33(23-27(5)6)37(47)43-34(28(7)8)38(48)41-30/h10-14,25-28,30-34H,15-24H2,1-9H3,(H,40,45)(H,41,48)(H,42,46)(H,43,47)/t30-,31-,32-,33-,34-/m0/s1. The lowest BCUT2D eigenvalue weighted by atomic mass is 9.96. The highest BCUT2D eigenvalue weighted by Crippen LogP contribution is 2.19. The molecule has 294 valence electrons. The molecule has 0 bridgehead atoms. The first-order chi connectivity index (χ1) is 24.6. The molecule has 1 aliphatic rings. The zero-order valence-corrected chi connectivity index (χ0v) is 32.9. The van der Waals surface area contributed by atoms with Crippen molar-refractivity contribution in [1.29, 1.82) is 0 Å². The Balaban J connectivity index is 2.65. The number of nitrogens with one attached hydrogen (secondary N) is 4. The summed E-state index contributed by atoms with van der Waals surface area (Å²) in [5, 5.41) is 11.7. The summed E-state index contributed by atoms with van der Waals surface area (Å²) in [6.07, 6.45) is 1.07. The van der Waals surface area contributed by atoms with E-state index in [0.29, 0.717) is 39.1 Å². The van der Waals surface area contributed by atoms with Gasteiger partial charge in [-0.2, -0.15) is 0 Å². The Morgan fingerprint density at radius 2 is 1.12 bits per heavy atom. The topological polar surface area (TPSA) is 164 Å². The van der Waals surface area contributed by atoms with E-state index in [2.05, 4.69) is 21.3 Å². The van der Waals surface area contributed by atoms with Crippen LogP contribution in [-0.4, -0.2) is 111 Å². The fraction of sp³-hybridized carbons (Fsp3) is 0.718. The fourth-order valence-electron chi connectivity index (χ4n) is 6.11. The van der Waals surface area contributed by atoms with Gasteiger partial charge in [0.25, 0.3) is 0 Å². The molecule has 1 aromatic rings. The molecule has 1 fully saturated rings. The molecule has 0 unspecified atom stereocenters. The quantitative estimate of drug-likeness (QED) is 0.168. The van der Waals surface area contributed by atoms with E-state index in [-0.39, 0.29) is 49.9 Å². The van der Waals surface area contributed by atoms with Gasteiger partial charge < -0.3 is 40.4 Å². The van der Waals surface area contributed by atoms with Crippen LogP contribution in [0.25, 0.3) is 0 Å². The van der Waals surface area contributed by atoms with Gasteiger partial charge in [0.15, 0.2) is 0 Å². The molecule has 5 atom stereocenters. The fourth-order valence-corrected chi connectivity index (χ4v) is 6.11. The van der Waals surface area contributed by atoms with Gasteiger partial charge in [0.1, 0.15) is 30.2 Å². The summed E-state index contributed by atoms with van der Waals surface area (Å²) in [6.45, 7) is 17.0.